The number of aliphatic hydroxyl groups is 1. The summed E-state index contributed by atoms with van der Waals surface area (Å²) in [6.45, 7) is 8.32. The van der Waals surface area contributed by atoms with Crippen LogP contribution in [0.3, 0.4) is 0 Å². The van der Waals surface area contributed by atoms with Crippen LogP contribution in [0.4, 0.5) is 0 Å². The van der Waals surface area contributed by atoms with Gasteiger partial charge in [-0.3, -0.25) is 4.90 Å². The summed E-state index contributed by atoms with van der Waals surface area (Å²) in [7, 11) is 0.0752. The minimum Gasteiger partial charge on any atom is -0.392 e. The van der Waals surface area contributed by atoms with E-state index in [2.05, 4.69) is 16.7 Å². The Kier molecular flexibility index (Phi) is 6.87. The van der Waals surface area contributed by atoms with Crippen LogP contribution in [0, 0.1) is 0 Å². The molecule has 0 saturated carbocycles. The third-order valence-electron chi connectivity index (χ3n) is 3.78. The molecular weight excluding hydrogens is 278 g/mol. The Bertz CT molecular complexity index is 384. The molecule has 0 aromatic carbocycles. The number of β-amino-alcohol motifs (C(OH)–C–C–N with tert-alkyl or cyclic N) is 1. The molecule has 1 aliphatic rings. The maximum absolute atomic E-state index is 11.7. The van der Waals surface area contributed by atoms with E-state index in [9.17, 15) is 13.5 Å². The summed E-state index contributed by atoms with van der Waals surface area (Å²) in [6, 6.07) is 0.406. The Morgan fingerprint density at radius 2 is 2.00 bits per heavy atom. The third-order valence-corrected chi connectivity index (χ3v) is 5.70. The number of rotatable bonds is 7. The SMILES string of the molecule is C[C@H](O)CN1CCN(CCCS(=O)(=O)N(C)C)C[C@@H]1C. The Balaban J connectivity index is 2.31. The molecule has 2 atom stereocenters. The highest BCUT2D eigenvalue weighted by molar-refractivity contribution is 7.89. The van der Waals surface area contributed by atoms with E-state index in [4.69, 9.17) is 0 Å². The highest BCUT2D eigenvalue weighted by atomic mass is 32.2. The van der Waals surface area contributed by atoms with E-state index in [1.165, 1.54) is 4.31 Å². The molecule has 0 bridgehead atoms. The Hall–Kier alpha value is -0.210. The highest BCUT2D eigenvalue weighted by Crippen LogP contribution is 2.11. The van der Waals surface area contributed by atoms with E-state index >= 15 is 0 Å². The first kappa shape index (κ1) is 17.8. The van der Waals surface area contributed by atoms with Crippen molar-refractivity contribution in [2.24, 2.45) is 0 Å². The van der Waals surface area contributed by atoms with Gasteiger partial charge < -0.3 is 10.0 Å². The van der Waals surface area contributed by atoms with Gasteiger partial charge in [-0.1, -0.05) is 0 Å². The smallest absolute Gasteiger partial charge is 0.213 e. The fourth-order valence-corrected chi connectivity index (χ4v) is 3.40. The number of sulfonamides is 1. The van der Waals surface area contributed by atoms with Gasteiger partial charge in [0, 0.05) is 46.3 Å². The first-order chi connectivity index (χ1) is 9.22. The summed E-state index contributed by atoms with van der Waals surface area (Å²) in [6.07, 6.45) is 0.373. The van der Waals surface area contributed by atoms with Crippen LogP contribution in [-0.2, 0) is 10.0 Å². The Morgan fingerprint density at radius 3 is 2.50 bits per heavy atom. The van der Waals surface area contributed by atoms with E-state index in [1.807, 2.05) is 6.92 Å². The monoisotopic (exact) mass is 307 g/mol. The van der Waals surface area contributed by atoms with E-state index in [0.717, 1.165) is 26.2 Å². The molecule has 0 amide bonds. The van der Waals surface area contributed by atoms with Gasteiger partial charge in [-0.15, -0.1) is 0 Å². The van der Waals surface area contributed by atoms with Gasteiger partial charge >= 0.3 is 0 Å². The van der Waals surface area contributed by atoms with Crippen molar-refractivity contribution in [3.05, 3.63) is 0 Å². The number of hydrogen-bond donors (Lipinski definition) is 1. The van der Waals surface area contributed by atoms with Crippen LogP contribution >= 0.6 is 0 Å². The van der Waals surface area contributed by atoms with Gasteiger partial charge in [-0.25, -0.2) is 12.7 Å². The fraction of sp³-hybridized carbons (Fsp3) is 1.00. The van der Waals surface area contributed by atoms with E-state index in [0.29, 0.717) is 19.0 Å². The number of nitrogens with zero attached hydrogens (tertiary/aromatic N) is 3. The molecule has 1 fully saturated rings. The third kappa shape index (κ3) is 5.65. The van der Waals surface area contributed by atoms with E-state index < -0.39 is 10.0 Å². The van der Waals surface area contributed by atoms with Gasteiger partial charge in [0.2, 0.25) is 10.0 Å². The van der Waals surface area contributed by atoms with Gasteiger partial charge in [0.1, 0.15) is 0 Å². The maximum Gasteiger partial charge on any atom is 0.213 e. The van der Waals surface area contributed by atoms with Gasteiger partial charge in [0.15, 0.2) is 0 Å². The van der Waals surface area contributed by atoms with Crippen LogP contribution in [0.1, 0.15) is 20.3 Å². The van der Waals surface area contributed by atoms with Gasteiger partial charge in [-0.2, -0.15) is 0 Å². The Morgan fingerprint density at radius 1 is 1.35 bits per heavy atom. The normalized spacial score (nSPS) is 24.2. The van der Waals surface area contributed by atoms with Crippen molar-refractivity contribution in [2.45, 2.75) is 32.4 Å². The number of aliphatic hydroxyl groups excluding tert-OH is 1. The molecule has 0 aliphatic carbocycles. The summed E-state index contributed by atoms with van der Waals surface area (Å²) in [5.41, 5.74) is 0. The van der Waals surface area contributed by atoms with Gasteiger partial charge in [-0.05, 0) is 26.8 Å². The second kappa shape index (κ2) is 7.70. The molecule has 0 radical (unpaired) electrons. The summed E-state index contributed by atoms with van der Waals surface area (Å²) in [5.74, 6) is 0.211. The van der Waals surface area contributed by atoms with Crippen LogP contribution in [-0.4, -0.2) is 92.3 Å². The largest absolute Gasteiger partial charge is 0.392 e. The summed E-state index contributed by atoms with van der Waals surface area (Å²) < 4.78 is 24.7. The molecule has 1 heterocycles. The summed E-state index contributed by atoms with van der Waals surface area (Å²) in [5, 5.41) is 9.44. The minimum atomic E-state index is -3.08. The predicted molar refractivity (Wildman–Crippen MR) is 81.2 cm³/mol. The average molecular weight is 307 g/mol. The predicted octanol–water partition coefficient (Wildman–Crippen LogP) is -0.345. The fourth-order valence-electron chi connectivity index (χ4n) is 2.54. The molecule has 1 N–H and O–H groups in total. The molecule has 0 aromatic rings. The standard InChI is InChI=1S/C13H29N3O3S/c1-12-10-15(7-8-16(12)11-13(2)17)6-5-9-20(18,19)14(3)4/h12-13,17H,5-11H2,1-4H3/t12-,13-/m0/s1. The van der Waals surface area contributed by atoms with Crippen LogP contribution in [0.5, 0.6) is 0 Å². The van der Waals surface area contributed by atoms with E-state index in [-0.39, 0.29) is 11.9 Å². The van der Waals surface area contributed by atoms with Crippen LogP contribution < -0.4 is 0 Å². The minimum absolute atomic E-state index is 0.211. The lowest BCUT2D eigenvalue weighted by atomic mass is 10.1. The van der Waals surface area contributed by atoms with Crippen molar-refractivity contribution < 1.29 is 13.5 Å². The highest BCUT2D eigenvalue weighted by Gasteiger charge is 2.24. The van der Waals surface area contributed by atoms with Crippen molar-refractivity contribution in [1.29, 1.82) is 0 Å². The van der Waals surface area contributed by atoms with Crippen molar-refractivity contribution in [3.63, 3.8) is 0 Å². The molecular formula is C13H29N3O3S. The lowest BCUT2D eigenvalue weighted by molar-refractivity contribution is 0.0453. The number of hydrogen-bond acceptors (Lipinski definition) is 5. The zero-order valence-electron chi connectivity index (χ0n) is 13.1. The lowest BCUT2D eigenvalue weighted by Crippen LogP contribution is -2.53. The van der Waals surface area contributed by atoms with Crippen LogP contribution in [0.15, 0.2) is 0 Å². The molecule has 1 rings (SSSR count). The van der Waals surface area contributed by atoms with Gasteiger partial charge in [0.25, 0.3) is 0 Å². The molecule has 0 aromatic heterocycles. The van der Waals surface area contributed by atoms with Crippen molar-refractivity contribution in [2.75, 3.05) is 52.6 Å². The van der Waals surface area contributed by atoms with Crippen molar-refractivity contribution in [1.82, 2.24) is 14.1 Å². The van der Waals surface area contributed by atoms with Crippen molar-refractivity contribution in [3.8, 4) is 0 Å². The molecule has 7 heteroatoms. The average Bonchev–Trinajstić information content (AvgIpc) is 2.31. The van der Waals surface area contributed by atoms with Crippen LogP contribution in [0.25, 0.3) is 0 Å². The molecule has 0 spiro atoms. The second-order valence-corrected chi connectivity index (χ2v) is 8.25. The molecule has 6 nitrogen and oxygen atoms in total. The second-order valence-electron chi connectivity index (χ2n) is 5.95. The topological polar surface area (TPSA) is 64.1 Å². The molecule has 20 heavy (non-hydrogen) atoms. The zero-order chi connectivity index (χ0) is 15.3. The van der Waals surface area contributed by atoms with Crippen molar-refractivity contribution >= 4 is 10.0 Å². The maximum atomic E-state index is 11.7. The van der Waals surface area contributed by atoms with Gasteiger partial charge in [0.05, 0.1) is 11.9 Å². The first-order valence-electron chi connectivity index (χ1n) is 7.27. The number of piperazine rings is 1. The zero-order valence-corrected chi connectivity index (χ0v) is 13.9. The van der Waals surface area contributed by atoms with Crippen LogP contribution in [0.2, 0.25) is 0 Å². The quantitative estimate of drug-likeness (QED) is 0.697. The van der Waals surface area contributed by atoms with E-state index in [1.54, 1.807) is 14.1 Å². The summed E-state index contributed by atoms with van der Waals surface area (Å²) in [4.78, 5) is 4.60. The molecule has 1 aliphatic heterocycles. The molecule has 1 saturated heterocycles. The molecule has 120 valence electrons. The first-order valence-corrected chi connectivity index (χ1v) is 8.88. The Labute approximate surface area is 123 Å². The molecule has 0 unspecified atom stereocenters. The summed E-state index contributed by atoms with van der Waals surface area (Å²) >= 11 is 0. The lowest BCUT2D eigenvalue weighted by Gasteiger charge is -2.40.